The predicted molar refractivity (Wildman–Crippen MR) is 70.1 cm³/mol. The minimum absolute atomic E-state index is 0.183. The second kappa shape index (κ2) is 6.00. The second-order valence-electron chi connectivity index (χ2n) is 4.78. The maximum Gasteiger partial charge on any atom is 0.260 e. The van der Waals surface area contributed by atoms with Crippen LogP contribution in [0.25, 0.3) is 0 Å². The standard InChI is InChI=1S/C11H20N4O3S/c1-9(2)12-7-10-8-13-14-11(10)19(16,17)15-3-5-18-6-4-15/h8-9,12H,3-7H2,1-2H3,(H,13,14). The molecule has 0 spiro atoms. The molecular formula is C11H20N4O3S. The summed E-state index contributed by atoms with van der Waals surface area (Å²) < 4.78 is 31.6. The number of sulfonamides is 1. The summed E-state index contributed by atoms with van der Waals surface area (Å²) in [5, 5.41) is 9.84. The molecule has 1 fully saturated rings. The molecule has 0 bridgehead atoms. The normalized spacial score (nSPS) is 18.1. The van der Waals surface area contributed by atoms with Crippen LogP contribution in [0.15, 0.2) is 11.2 Å². The topological polar surface area (TPSA) is 87.3 Å². The first-order valence-corrected chi connectivity index (χ1v) is 7.79. The first-order chi connectivity index (χ1) is 9.01. The fraction of sp³-hybridized carbons (Fsp3) is 0.727. The van der Waals surface area contributed by atoms with E-state index in [0.717, 1.165) is 0 Å². The van der Waals surface area contributed by atoms with E-state index < -0.39 is 10.0 Å². The van der Waals surface area contributed by atoms with E-state index in [-0.39, 0.29) is 11.1 Å². The summed E-state index contributed by atoms with van der Waals surface area (Å²) >= 11 is 0. The van der Waals surface area contributed by atoms with E-state index in [1.54, 1.807) is 6.20 Å². The van der Waals surface area contributed by atoms with Gasteiger partial charge in [0.2, 0.25) is 0 Å². The number of hydrogen-bond donors (Lipinski definition) is 2. The molecule has 2 rings (SSSR count). The first kappa shape index (κ1) is 14.4. The van der Waals surface area contributed by atoms with E-state index >= 15 is 0 Å². The minimum Gasteiger partial charge on any atom is -0.379 e. The number of aromatic nitrogens is 2. The Hall–Kier alpha value is -0.960. The maximum absolute atomic E-state index is 12.5. The van der Waals surface area contributed by atoms with Gasteiger partial charge in [-0.15, -0.1) is 0 Å². The van der Waals surface area contributed by atoms with E-state index in [0.29, 0.717) is 38.4 Å². The van der Waals surface area contributed by atoms with E-state index in [2.05, 4.69) is 15.5 Å². The molecule has 1 aliphatic rings. The Labute approximate surface area is 113 Å². The highest BCUT2D eigenvalue weighted by Gasteiger charge is 2.29. The Morgan fingerprint density at radius 3 is 2.79 bits per heavy atom. The molecule has 0 aromatic carbocycles. The summed E-state index contributed by atoms with van der Waals surface area (Å²) in [6, 6.07) is 0.286. The van der Waals surface area contributed by atoms with Gasteiger partial charge in [0.05, 0.1) is 19.4 Å². The van der Waals surface area contributed by atoms with Crippen LogP contribution < -0.4 is 5.32 Å². The van der Waals surface area contributed by atoms with Crippen molar-refractivity contribution in [1.82, 2.24) is 19.8 Å². The third-order valence-corrected chi connectivity index (χ3v) is 4.86. The van der Waals surface area contributed by atoms with Gasteiger partial charge in [-0.05, 0) is 0 Å². The van der Waals surface area contributed by atoms with Gasteiger partial charge in [0.25, 0.3) is 10.0 Å². The third kappa shape index (κ3) is 3.33. The maximum atomic E-state index is 12.5. The Kier molecular flexibility index (Phi) is 4.56. The summed E-state index contributed by atoms with van der Waals surface area (Å²) in [5.41, 5.74) is 0.667. The molecule has 2 N–H and O–H groups in total. The molecule has 0 saturated carbocycles. The Morgan fingerprint density at radius 2 is 2.16 bits per heavy atom. The van der Waals surface area contributed by atoms with Crippen LogP contribution in [0.2, 0.25) is 0 Å². The summed E-state index contributed by atoms with van der Waals surface area (Å²) in [4.78, 5) is 0. The van der Waals surface area contributed by atoms with Crippen molar-refractivity contribution in [2.75, 3.05) is 26.3 Å². The Balaban J connectivity index is 2.18. The Bertz CT molecular complexity index is 506. The summed E-state index contributed by atoms with van der Waals surface area (Å²) in [5.74, 6) is 0. The van der Waals surface area contributed by atoms with E-state index in [4.69, 9.17) is 4.74 Å². The number of morpholine rings is 1. The predicted octanol–water partition coefficient (Wildman–Crippen LogP) is -0.0714. The highest BCUT2D eigenvalue weighted by molar-refractivity contribution is 7.89. The lowest BCUT2D eigenvalue weighted by atomic mass is 10.3. The van der Waals surface area contributed by atoms with Crippen molar-refractivity contribution < 1.29 is 13.2 Å². The summed E-state index contributed by atoms with van der Waals surface area (Å²) in [6.45, 7) is 6.15. The molecule has 0 radical (unpaired) electrons. The molecule has 1 aliphatic heterocycles. The van der Waals surface area contributed by atoms with Gasteiger partial charge in [-0.1, -0.05) is 13.8 Å². The molecule has 108 valence electrons. The van der Waals surface area contributed by atoms with Crippen molar-refractivity contribution in [3.8, 4) is 0 Å². The lowest BCUT2D eigenvalue weighted by Crippen LogP contribution is -2.41. The van der Waals surface area contributed by atoms with Crippen molar-refractivity contribution in [2.45, 2.75) is 31.5 Å². The van der Waals surface area contributed by atoms with Crippen LogP contribution in [0.4, 0.5) is 0 Å². The van der Waals surface area contributed by atoms with Gasteiger partial charge in [0.15, 0.2) is 5.03 Å². The number of H-pyrrole nitrogens is 1. The molecule has 0 atom stereocenters. The summed E-state index contributed by atoms with van der Waals surface area (Å²) in [6.07, 6.45) is 1.56. The molecule has 0 amide bonds. The average Bonchev–Trinajstić information content (AvgIpc) is 2.86. The molecule has 7 nitrogen and oxygen atoms in total. The quantitative estimate of drug-likeness (QED) is 0.792. The fourth-order valence-electron chi connectivity index (χ4n) is 1.88. The molecule has 2 heterocycles. The average molecular weight is 288 g/mol. The van der Waals surface area contributed by atoms with Gasteiger partial charge >= 0.3 is 0 Å². The molecule has 19 heavy (non-hydrogen) atoms. The van der Waals surface area contributed by atoms with Crippen LogP contribution >= 0.6 is 0 Å². The van der Waals surface area contributed by atoms with Crippen LogP contribution in [0.5, 0.6) is 0 Å². The number of aromatic amines is 1. The highest BCUT2D eigenvalue weighted by Crippen LogP contribution is 2.18. The molecule has 1 saturated heterocycles. The zero-order chi connectivity index (χ0) is 13.9. The molecule has 0 aliphatic carbocycles. The fourth-order valence-corrected chi connectivity index (χ4v) is 3.39. The van der Waals surface area contributed by atoms with E-state index in [1.807, 2.05) is 13.8 Å². The van der Waals surface area contributed by atoms with Gasteiger partial charge in [0.1, 0.15) is 0 Å². The van der Waals surface area contributed by atoms with Crippen LogP contribution in [-0.2, 0) is 21.3 Å². The number of ether oxygens (including phenoxy) is 1. The smallest absolute Gasteiger partial charge is 0.260 e. The van der Waals surface area contributed by atoms with Crippen LogP contribution in [0.3, 0.4) is 0 Å². The van der Waals surface area contributed by atoms with Gasteiger partial charge in [0, 0.05) is 31.2 Å². The number of nitrogens with one attached hydrogen (secondary N) is 2. The molecule has 1 aromatic rings. The SMILES string of the molecule is CC(C)NCc1cn[nH]c1S(=O)(=O)N1CCOCC1. The monoisotopic (exact) mass is 288 g/mol. The van der Waals surface area contributed by atoms with Gasteiger partial charge in [-0.3, -0.25) is 5.10 Å². The molecule has 0 unspecified atom stereocenters. The zero-order valence-electron chi connectivity index (χ0n) is 11.2. The first-order valence-electron chi connectivity index (χ1n) is 6.35. The van der Waals surface area contributed by atoms with Crippen molar-refractivity contribution in [3.05, 3.63) is 11.8 Å². The number of nitrogens with zero attached hydrogens (tertiary/aromatic N) is 2. The van der Waals surface area contributed by atoms with Crippen molar-refractivity contribution in [2.24, 2.45) is 0 Å². The molecule has 1 aromatic heterocycles. The van der Waals surface area contributed by atoms with Crippen molar-refractivity contribution >= 4 is 10.0 Å². The molecule has 8 heteroatoms. The van der Waals surface area contributed by atoms with E-state index in [9.17, 15) is 8.42 Å². The van der Waals surface area contributed by atoms with Crippen molar-refractivity contribution in [1.29, 1.82) is 0 Å². The lowest BCUT2D eigenvalue weighted by Gasteiger charge is -2.25. The number of hydrogen-bond acceptors (Lipinski definition) is 5. The van der Waals surface area contributed by atoms with Gasteiger partial charge < -0.3 is 10.1 Å². The highest BCUT2D eigenvalue weighted by atomic mass is 32.2. The Morgan fingerprint density at radius 1 is 1.47 bits per heavy atom. The van der Waals surface area contributed by atoms with Crippen molar-refractivity contribution in [3.63, 3.8) is 0 Å². The van der Waals surface area contributed by atoms with Crippen LogP contribution in [-0.4, -0.2) is 55.3 Å². The third-order valence-electron chi connectivity index (χ3n) is 2.95. The lowest BCUT2D eigenvalue weighted by molar-refractivity contribution is 0.0729. The van der Waals surface area contributed by atoms with E-state index in [1.165, 1.54) is 4.31 Å². The van der Waals surface area contributed by atoms with Gasteiger partial charge in [-0.2, -0.15) is 9.40 Å². The second-order valence-corrected chi connectivity index (χ2v) is 6.65. The molecular weight excluding hydrogens is 268 g/mol. The largest absolute Gasteiger partial charge is 0.379 e. The zero-order valence-corrected chi connectivity index (χ0v) is 12.0. The van der Waals surface area contributed by atoms with Gasteiger partial charge in [-0.25, -0.2) is 8.42 Å². The number of rotatable bonds is 5. The summed E-state index contributed by atoms with van der Waals surface area (Å²) in [7, 11) is -3.50. The van der Waals surface area contributed by atoms with Crippen LogP contribution in [0.1, 0.15) is 19.4 Å². The minimum atomic E-state index is -3.50. The van der Waals surface area contributed by atoms with Crippen LogP contribution in [0, 0.1) is 0 Å².